The first-order valence-electron chi connectivity index (χ1n) is 6.00. The highest BCUT2D eigenvalue weighted by molar-refractivity contribution is 5.34. The number of nitrogens with zero attached hydrogens (tertiary/aromatic N) is 1. The maximum Gasteiger partial charge on any atom is 0.120 e. The van der Waals surface area contributed by atoms with Crippen LogP contribution in [0.15, 0.2) is 47.1 Å². The van der Waals surface area contributed by atoms with Crippen LogP contribution in [0.4, 0.5) is 0 Å². The van der Waals surface area contributed by atoms with Crippen LogP contribution in [0, 0.1) is 11.3 Å². The van der Waals surface area contributed by atoms with Gasteiger partial charge in [-0.15, -0.1) is 0 Å². The normalized spacial score (nSPS) is 13.8. The third-order valence-electron chi connectivity index (χ3n) is 2.99. The molecule has 0 aliphatic carbocycles. The van der Waals surface area contributed by atoms with Crippen LogP contribution < -0.4 is 5.32 Å². The molecule has 0 saturated carbocycles. The van der Waals surface area contributed by atoms with Crippen LogP contribution >= 0.6 is 0 Å². The van der Waals surface area contributed by atoms with Gasteiger partial charge in [0.2, 0.25) is 0 Å². The molecule has 3 heteroatoms. The van der Waals surface area contributed by atoms with E-state index in [4.69, 9.17) is 9.68 Å². The summed E-state index contributed by atoms with van der Waals surface area (Å²) in [5.74, 6) is 0.915. The molecule has 0 amide bonds. The monoisotopic (exact) mass is 240 g/mol. The lowest BCUT2D eigenvalue weighted by molar-refractivity contribution is 0.403. The summed E-state index contributed by atoms with van der Waals surface area (Å²) in [6.45, 7) is 4.14. The van der Waals surface area contributed by atoms with Gasteiger partial charge in [0, 0.05) is 6.04 Å². The lowest BCUT2D eigenvalue weighted by Crippen LogP contribution is -2.22. The second-order valence-corrected chi connectivity index (χ2v) is 4.36. The number of benzene rings is 1. The molecule has 18 heavy (non-hydrogen) atoms. The van der Waals surface area contributed by atoms with Crippen molar-refractivity contribution >= 4 is 0 Å². The SMILES string of the molecule is CC(NC(C)c1ccco1)c1cccc(C#N)c1. The molecule has 1 heterocycles. The van der Waals surface area contributed by atoms with Gasteiger partial charge in [-0.25, -0.2) is 0 Å². The van der Waals surface area contributed by atoms with Crippen molar-refractivity contribution in [1.82, 2.24) is 5.32 Å². The van der Waals surface area contributed by atoms with Crippen molar-refractivity contribution in [3.05, 3.63) is 59.5 Å². The minimum absolute atomic E-state index is 0.140. The van der Waals surface area contributed by atoms with Gasteiger partial charge in [0.25, 0.3) is 0 Å². The van der Waals surface area contributed by atoms with Gasteiger partial charge in [0.15, 0.2) is 0 Å². The Hall–Kier alpha value is -2.05. The minimum Gasteiger partial charge on any atom is -0.468 e. The highest BCUT2D eigenvalue weighted by Crippen LogP contribution is 2.20. The van der Waals surface area contributed by atoms with Crippen LogP contribution in [0.2, 0.25) is 0 Å². The highest BCUT2D eigenvalue weighted by atomic mass is 16.3. The molecule has 0 aliphatic heterocycles. The lowest BCUT2D eigenvalue weighted by atomic mass is 10.0. The molecule has 92 valence electrons. The van der Waals surface area contributed by atoms with Crippen LogP contribution in [0.5, 0.6) is 0 Å². The quantitative estimate of drug-likeness (QED) is 0.888. The van der Waals surface area contributed by atoms with Gasteiger partial charge in [0.1, 0.15) is 5.76 Å². The molecule has 0 aliphatic rings. The van der Waals surface area contributed by atoms with E-state index in [1.54, 1.807) is 6.26 Å². The van der Waals surface area contributed by atoms with Crippen LogP contribution in [0.25, 0.3) is 0 Å². The smallest absolute Gasteiger partial charge is 0.120 e. The van der Waals surface area contributed by atoms with Crippen molar-refractivity contribution in [1.29, 1.82) is 5.26 Å². The molecule has 2 atom stereocenters. The van der Waals surface area contributed by atoms with Crippen LogP contribution in [-0.4, -0.2) is 0 Å². The fourth-order valence-electron chi connectivity index (χ4n) is 1.97. The third-order valence-corrected chi connectivity index (χ3v) is 2.99. The summed E-state index contributed by atoms with van der Waals surface area (Å²) in [6.07, 6.45) is 1.68. The first-order chi connectivity index (χ1) is 8.70. The molecule has 2 rings (SSSR count). The van der Waals surface area contributed by atoms with Gasteiger partial charge in [-0.2, -0.15) is 5.26 Å². The predicted octanol–water partition coefficient (Wildman–Crippen LogP) is 3.56. The van der Waals surface area contributed by atoms with Crippen molar-refractivity contribution < 1.29 is 4.42 Å². The Labute approximate surface area is 107 Å². The van der Waals surface area contributed by atoms with E-state index in [-0.39, 0.29) is 12.1 Å². The number of rotatable bonds is 4. The molecule has 0 spiro atoms. The van der Waals surface area contributed by atoms with E-state index in [1.807, 2.05) is 36.4 Å². The van der Waals surface area contributed by atoms with Crippen LogP contribution in [0.3, 0.4) is 0 Å². The second kappa shape index (κ2) is 5.52. The van der Waals surface area contributed by atoms with Crippen LogP contribution in [0.1, 0.15) is 42.8 Å². The first kappa shape index (κ1) is 12.4. The molecule has 0 radical (unpaired) electrons. The fraction of sp³-hybridized carbons (Fsp3) is 0.267. The molecule has 2 unspecified atom stereocenters. The molecular formula is C15H16N2O. The van der Waals surface area contributed by atoms with Crippen LogP contribution in [-0.2, 0) is 0 Å². The Morgan fingerprint density at radius 3 is 2.67 bits per heavy atom. The average Bonchev–Trinajstić information content (AvgIpc) is 2.92. The molecule has 2 aromatic rings. The molecule has 1 aromatic heterocycles. The summed E-state index contributed by atoms with van der Waals surface area (Å²) < 4.78 is 5.36. The van der Waals surface area contributed by atoms with Crippen molar-refractivity contribution in [2.75, 3.05) is 0 Å². The van der Waals surface area contributed by atoms with E-state index in [9.17, 15) is 0 Å². The zero-order valence-corrected chi connectivity index (χ0v) is 10.6. The third kappa shape index (κ3) is 2.79. The van der Waals surface area contributed by atoms with Gasteiger partial charge in [-0.3, -0.25) is 0 Å². The Morgan fingerprint density at radius 2 is 2.00 bits per heavy atom. The fourth-order valence-corrected chi connectivity index (χ4v) is 1.97. The lowest BCUT2D eigenvalue weighted by Gasteiger charge is -2.19. The summed E-state index contributed by atoms with van der Waals surface area (Å²) in [6, 6.07) is 13.9. The molecule has 0 fully saturated rings. The number of hydrogen-bond acceptors (Lipinski definition) is 3. The maximum absolute atomic E-state index is 8.89. The molecule has 1 aromatic carbocycles. The average molecular weight is 240 g/mol. The Morgan fingerprint density at radius 1 is 1.17 bits per heavy atom. The number of hydrogen-bond donors (Lipinski definition) is 1. The Balaban J connectivity index is 2.07. The van der Waals surface area contributed by atoms with E-state index in [2.05, 4.69) is 25.2 Å². The summed E-state index contributed by atoms with van der Waals surface area (Å²) in [7, 11) is 0. The predicted molar refractivity (Wildman–Crippen MR) is 69.8 cm³/mol. The van der Waals surface area contributed by atoms with Crippen molar-refractivity contribution in [3.63, 3.8) is 0 Å². The molecular weight excluding hydrogens is 224 g/mol. The number of furan rings is 1. The Bertz CT molecular complexity index is 540. The van der Waals surface area contributed by atoms with Crippen molar-refractivity contribution in [2.24, 2.45) is 0 Å². The topological polar surface area (TPSA) is 49.0 Å². The standard InChI is InChI=1S/C15H16N2O/c1-11(14-6-3-5-13(9-14)10-16)17-12(2)15-7-4-8-18-15/h3-9,11-12,17H,1-2H3. The summed E-state index contributed by atoms with van der Waals surface area (Å²) in [5.41, 5.74) is 1.79. The zero-order chi connectivity index (χ0) is 13.0. The number of nitrogens with one attached hydrogen (secondary N) is 1. The van der Waals surface area contributed by atoms with Crippen molar-refractivity contribution in [2.45, 2.75) is 25.9 Å². The van der Waals surface area contributed by atoms with E-state index < -0.39 is 0 Å². The summed E-state index contributed by atoms with van der Waals surface area (Å²) >= 11 is 0. The molecule has 0 saturated heterocycles. The van der Waals surface area contributed by atoms with E-state index in [0.717, 1.165) is 11.3 Å². The van der Waals surface area contributed by atoms with E-state index in [1.165, 1.54) is 0 Å². The summed E-state index contributed by atoms with van der Waals surface area (Å²) in [4.78, 5) is 0. The maximum atomic E-state index is 8.89. The van der Waals surface area contributed by atoms with E-state index >= 15 is 0 Å². The Kier molecular flexibility index (Phi) is 3.81. The first-order valence-corrected chi connectivity index (χ1v) is 6.00. The zero-order valence-electron chi connectivity index (χ0n) is 10.6. The molecule has 0 bridgehead atoms. The van der Waals surface area contributed by atoms with E-state index in [0.29, 0.717) is 5.56 Å². The van der Waals surface area contributed by atoms with Gasteiger partial charge in [-0.05, 0) is 43.7 Å². The minimum atomic E-state index is 0.140. The number of nitriles is 1. The second-order valence-electron chi connectivity index (χ2n) is 4.36. The van der Waals surface area contributed by atoms with Gasteiger partial charge in [0.05, 0.1) is 23.9 Å². The van der Waals surface area contributed by atoms with Gasteiger partial charge in [-0.1, -0.05) is 12.1 Å². The largest absolute Gasteiger partial charge is 0.468 e. The van der Waals surface area contributed by atoms with Gasteiger partial charge < -0.3 is 9.73 Å². The summed E-state index contributed by atoms with van der Waals surface area (Å²) in [5, 5.41) is 12.3. The van der Waals surface area contributed by atoms with Gasteiger partial charge >= 0.3 is 0 Å². The molecule has 3 nitrogen and oxygen atoms in total. The highest BCUT2D eigenvalue weighted by Gasteiger charge is 2.13. The molecule has 1 N–H and O–H groups in total. The van der Waals surface area contributed by atoms with Crippen molar-refractivity contribution in [3.8, 4) is 6.07 Å².